The number of halogens is 1. The molecule has 1 aliphatic rings. The average Bonchev–Trinajstić information content (AvgIpc) is 2.23. The number of hydrogen-bond donors (Lipinski definition) is 1. The van der Waals surface area contributed by atoms with Crippen LogP contribution in [0.3, 0.4) is 0 Å². The van der Waals surface area contributed by atoms with Crippen molar-refractivity contribution in [3.63, 3.8) is 0 Å². The van der Waals surface area contributed by atoms with Gasteiger partial charge in [-0.25, -0.2) is 0 Å². The standard InChI is InChI=1S/C11H14ClNO/c12-10-3-1-9(2-4-10)7-11-8-13-5-6-14-11/h1-4,11,13H,5-8H2/t11-/m0/s1. The van der Waals surface area contributed by atoms with Crippen molar-refractivity contribution < 1.29 is 4.74 Å². The number of nitrogens with one attached hydrogen (secondary N) is 1. The number of ether oxygens (including phenoxy) is 1. The topological polar surface area (TPSA) is 21.3 Å². The van der Waals surface area contributed by atoms with Gasteiger partial charge in [0.1, 0.15) is 0 Å². The van der Waals surface area contributed by atoms with Gasteiger partial charge in [-0.1, -0.05) is 23.7 Å². The maximum atomic E-state index is 5.81. The number of hydrogen-bond acceptors (Lipinski definition) is 2. The molecule has 0 unspecified atom stereocenters. The monoisotopic (exact) mass is 211 g/mol. The van der Waals surface area contributed by atoms with Crippen LogP contribution in [-0.4, -0.2) is 25.8 Å². The number of morpholine rings is 1. The first-order chi connectivity index (χ1) is 6.84. The Morgan fingerprint density at radius 2 is 2.14 bits per heavy atom. The van der Waals surface area contributed by atoms with Crippen LogP contribution in [0.1, 0.15) is 5.56 Å². The van der Waals surface area contributed by atoms with Crippen LogP contribution in [0.5, 0.6) is 0 Å². The minimum atomic E-state index is 0.310. The van der Waals surface area contributed by atoms with Gasteiger partial charge in [-0.05, 0) is 24.1 Å². The largest absolute Gasteiger partial charge is 0.375 e. The predicted molar refractivity (Wildman–Crippen MR) is 57.8 cm³/mol. The summed E-state index contributed by atoms with van der Waals surface area (Å²) in [5.74, 6) is 0. The molecule has 2 rings (SSSR count). The summed E-state index contributed by atoms with van der Waals surface area (Å²) >= 11 is 5.81. The van der Waals surface area contributed by atoms with E-state index < -0.39 is 0 Å². The fraction of sp³-hybridized carbons (Fsp3) is 0.455. The maximum absolute atomic E-state index is 5.81. The van der Waals surface area contributed by atoms with Crippen LogP contribution in [0.15, 0.2) is 24.3 Å². The highest BCUT2D eigenvalue weighted by Crippen LogP contribution is 2.12. The van der Waals surface area contributed by atoms with Crippen molar-refractivity contribution >= 4 is 11.6 Å². The van der Waals surface area contributed by atoms with Gasteiger partial charge in [0.25, 0.3) is 0 Å². The molecular weight excluding hydrogens is 198 g/mol. The second kappa shape index (κ2) is 4.78. The molecule has 1 N–H and O–H groups in total. The van der Waals surface area contributed by atoms with Gasteiger partial charge in [0.15, 0.2) is 0 Å². The van der Waals surface area contributed by atoms with E-state index in [4.69, 9.17) is 16.3 Å². The normalized spacial score (nSPS) is 22.2. The zero-order chi connectivity index (χ0) is 9.80. The van der Waals surface area contributed by atoms with E-state index in [1.807, 2.05) is 12.1 Å². The number of benzene rings is 1. The minimum Gasteiger partial charge on any atom is -0.375 e. The summed E-state index contributed by atoms with van der Waals surface area (Å²) in [4.78, 5) is 0. The smallest absolute Gasteiger partial charge is 0.0740 e. The van der Waals surface area contributed by atoms with Gasteiger partial charge < -0.3 is 10.1 Å². The SMILES string of the molecule is Clc1ccc(C[C@H]2CNCCO2)cc1. The van der Waals surface area contributed by atoms with Gasteiger partial charge in [0.2, 0.25) is 0 Å². The van der Waals surface area contributed by atoms with Crippen molar-refractivity contribution in [2.75, 3.05) is 19.7 Å². The third-order valence-corrected chi connectivity index (χ3v) is 2.63. The highest BCUT2D eigenvalue weighted by molar-refractivity contribution is 6.30. The van der Waals surface area contributed by atoms with Crippen molar-refractivity contribution in [3.8, 4) is 0 Å². The second-order valence-corrected chi connectivity index (χ2v) is 3.96. The molecule has 3 heteroatoms. The maximum Gasteiger partial charge on any atom is 0.0740 e. The van der Waals surface area contributed by atoms with E-state index in [2.05, 4.69) is 17.4 Å². The van der Waals surface area contributed by atoms with Gasteiger partial charge in [-0.3, -0.25) is 0 Å². The molecule has 0 radical (unpaired) electrons. The van der Waals surface area contributed by atoms with E-state index in [-0.39, 0.29) is 0 Å². The summed E-state index contributed by atoms with van der Waals surface area (Å²) in [5.41, 5.74) is 1.28. The molecule has 0 bridgehead atoms. The Morgan fingerprint density at radius 1 is 1.36 bits per heavy atom. The molecular formula is C11H14ClNO. The molecule has 1 atom stereocenters. The molecule has 1 aliphatic heterocycles. The van der Waals surface area contributed by atoms with E-state index in [0.29, 0.717) is 6.10 Å². The Kier molecular flexibility index (Phi) is 3.40. The van der Waals surface area contributed by atoms with Crippen molar-refractivity contribution in [1.29, 1.82) is 0 Å². The molecule has 0 spiro atoms. The lowest BCUT2D eigenvalue weighted by molar-refractivity contribution is 0.0292. The third-order valence-electron chi connectivity index (χ3n) is 2.38. The highest BCUT2D eigenvalue weighted by Gasteiger charge is 2.13. The molecule has 1 aromatic carbocycles. The molecule has 0 amide bonds. The Labute approximate surface area is 89.2 Å². The van der Waals surface area contributed by atoms with Crippen LogP contribution in [0.4, 0.5) is 0 Å². The Bertz CT molecular complexity index is 280. The summed E-state index contributed by atoms with van der Waals surface area (Å²) in [6.07, 6.45) is 1.27. The van der Waals surface area contributed by atoms with E-state index >= 15 is 0 Å². The molecule has 1 fully saturated rings. The molecule has 14 heavy (non-hydrogen) atoms. The number of rotatable bonds is 2. The van der Waals surface area contributed by atoms with Crippen LogP contribution < -0.4 is 5.32 Å². The first-order valence-electron chi connectivity index (χ1n) is 4.91. The molecule has 2 nitrogen and oxygen atoms in total. The van der Waals surface area contributed by atoms with Crippen molar-refractivity contribution in [2.45, 2.75) is 12.5 Å². The molecule has 1 heterocycles. The predicted octanol–water partition coefficient (Wildman–Crippen LogP) is 1.87. The zero-order valence-electron chi connectivity index (χ0n) is 8.00. The lowest BCUT2D eigenvalue weighted by Crippen LogP contribution is -2.39. The fourth-order valence-electron chi connectivity index (χ4n) is 1.63. The van der Waals surface area contributed by atoms with Gasteiger partial charge in [0.05, 0.1) is 12.7 Å². The van der Waals surface area contributed by atoms with Gasteiger partial charge in [-0.2, -0.15) is 0 Å². The van der Waals surface area contributed by atoms with Gasteiger partial charge in [0, 0.05) is 18.1 Å². The van der Waals surface area contributed by atoms with Gasteiger partial charge in [-0.15, -0.1) is 0 Å². The minimum absolute atomic E-state index is 0.310. The van der Waals surface area contributed by atoms with E-state index in [9.17, 15) is 0 Å². The Hall–Kier alpha value is -0.570. The third kappa shape index (κ3) is 2.71. The van der Waals surface area contributed by atoms with Crippen LogP contribution >= 0.6 is 11.6 Å². The summed E-state index contributed by atoms with van der Waals surface area (Å²) in [7, 11) is 0. The van der Waals surface area contributed by atoms with Crippen molar-refractivity contribution in [1.82, 2.24) is 5.32 Å². The van der Waals surface area contributed by atoms with E-state index in [1.165, 1.54) is 5.56 Å². The molecule has 76 valence electrons. The van der Waals surface area contributed by atoms with Crippen LogP contribution in [-0.2, 0) is 11.2 Å². The first-order valence-corrected chi connectivity index (χ1v) is 5.29. The first kappa shape index (κ1) is 9.97. The lowest BCUT2D eigenvalue weighted by atomic mass is 10.1. The second-order valence-electron chi connectivity index (χ2n) is 3.53. The Morgan fingerprint density at radius 3 is 2.79 bits per heavy atom. The lowest BCUT2D eigenvalue weighted by Gasteiger charge is -2.23. The highest BCUT2D eigenvalue weighted by atomic mass is 35.5. The zero-order valence-corrected chi connectivity index (χ0v) is 8.76. The average molecular weight is 212 g/mol. The summed E-state index contributed by atoms with van der Waals surface area (Å²) in [6.45, 7) is 2.73. The quantitative estimate of drug-likeness (QED) is 0.807. The molecule has 0 aromatic heterocycles. The van der Waals surface area contributed by atoms with E-state index in [1.54, 1.807) is 0 Å². The summed E-state index contributed by atoms with van der Waals surface area (Å²) < 4.78 is 5.62. The van der Waals surface area contributed by atoms with Crippen LogP contribution in [0.2, 0.25) is 5.02 Å². The summed E-state index contributed by atoms with van der Waals surface area (Å²) in [5, 5.41) is 4.10. The molecule has 0 saturated carbocycles. The van der Waals surface area contributed by atoms with Gasteiger partial charge >= 0.3 is 0 Å². The summed E-state index contributed by atoms with van der Waals surface area (Å²) in [6, 6.07) is 7.96. The molecule has 1 aromatic rings. The van der Waals surface area contributed by atoms with Crippen LogP contribution in [0, 0.1) is 0 Å². The fourth-order valence-corrected chi connectivity index (χ4v) is 1.76. The van der Waals surface area contributed by atoms with Crippen LogP contribution in [0.25, 0.3) is 0 Å². The molecule has 1 saturated heterocycles. The van der Waals surface area contributed by atoms with E-state index in [0.717, 1.165) is 31.1 Å². The van der Waals surface area contributed by atoms with Crippen molar-refractivity contribution in [2.24, 2.45) is 0 Å². The molecule has 0 aliphatic carbocycles. The van der Waals surface area contributed by atoms with Crippen molar-refractivity contribution in [3.05, 3.63) is 34.9 Å². The Balaban J connectivity index is 1.92.